The predicted molar refractivity (Wildman–Crippen MR) is 176 cm³/mol. The minimum atomic E-state index is -0.330. The van der Waals surface area contributed by atoms with E-state index in [0.29, 0.717) is 56.1 Å². The maximum Gasteiger partial charge on any atom is 0.270 e. The minimum absolute atomic E-state index is 0.0207. The second kappa shape index (κ2) is 14.5. The highest BCUT2D eigenvalue weighted by molar-refractivity contribution is 5.99. The Morgan fingerprint density at radius 3 is 2.60 bits per heavy atom. The number of benzene rings is 1. The number of amides is 2. The second-order valence-corrected chi connectivity index (χ2v) is 13.9. The molecule has 2 aromatic rings. The third-order valence-electron chi connectivity index (χ3n) is 10.0. The summed E-state index contributed by atoms with van der Waals surface area (Å²) in [5, 5.41) is 6.54. The van der Waals surface area contributed by atoms with E-state index >= 15 is 0 Å². The zero-order valence-electron chi connectivity index (χ0n) is 28.1. The third-order valence-corrected chi connectivity index (χ3v) is 10.0. The van der Waals surface area contributed by atoms with Crippen molar-refractivity contribution >= 4 is 17.5 Å². The minimum Gasteiger partial charge on any atom is -0.474 e. The van der Waals surface area contributed by atoms with Crippen LogP contribution in [0.1, 0.15) is 62.2 Å². The molecular formula is C35H49FN6O5. The first kappa shape index (κ1) is 33.7. The summed E-state index contributed by atoms with van der Waals surface area (Å²) in [6.45, 7) is 14.8. The Bertz CT molecular complexity index is 1410. The van der Waals surface area contributed by atoms with Crippen molar-refractivity contribution in [3.8, 4) is 5.88 Å². The maximum absolute atomic E-state index is 14.3. The first-order valence-electron chi connectivity index (χ1n) is 17.0. The molecule has 256 valence electrons. The van der Waals surface area contributed by atoms with Crippen LogP contribution in [0.25, 0.3) is 0 Å². The molecule has 0 unspecified atom stereocenters. The zero-order chi connectivity index (χ0) is 33.1. The van der Waals surface area contributed by atoms with Gasteiger partial charge in [0, 0.05) is 57.0 Å². The molecule has 3 fully saturated rings. The number of carbonyl (C=O) groups is 2. The summed E-state index contributed by atoms with van der Waals surface area (Å²) < 4.78 is 31.3. The van der Waals surface area contributed by atoms with Crippen LogP contribution in [0.5, 0.6) is 5.88 Å². The van der Waals surface area contributed by atoms with Gasteiger partial charge in [-0.1, -0.05) is 12.1 Å². The highest BCUT2D eigenvalue weighted by atomic mass is 19.1. The number of anilines is 1. The average Bonchev–Trinajstić information content (AvgIpc) is 3.58. The van der Waals surface area contributed by atoms with Gasteiger partial charge in [0.2, 0.25) is 11.8 Å². The fourth-order valence-corrected chi connectivity index (χ4v) is 7.30. The molecule has 5 atom stereocenters. The standard InChI is InChI=1S/C35H49FN6O5/c1-23-18-45-19-24(2)41(23)22-35(4)21-37-11-12-40(35)17-31(43)42-25(3)20-47-34-30(42)15-27(14-26-7-9-28(36)10-8-26)32(39-34)33(44)38-16-29-6-5-13-46-29/h7-10,15,23-25,29,37H,5-6,11-14,16-22H2,1-4H3,(H,38,44)/t23-,24-,25+,29+,35-/m1/s1. The van der Waals surface area contributed by atoms with Gasteiger partial charge in [0.1, 0.15) is 23.8 Å². The van der Waals surface area contributed by atoms with Gasteiger partial charge in [-0.25, -0.2) is 9.37 Å². The number of rotatable bonds is 9. The lowest BCUT2D eigenvalue weighted by Gasteiger charge is -2.51. The molecule has 0 spiro atoms. The van der Waals surface area contributed by atoms with Gasteiger partial charge in [-0.05, 0) is 76.3 Å². The molecular weight excluding hydrogens is 603 g/mol. The fraction of sp³-hybridized carbons (Fsp3) is 0.629. The average molecular weight is 653 g/mol. The van der Waals surface area contributed by atoms with Crippen molar-refractivity contribution < 1.29 is 28.2 Å². The number of carbonyl (C=O) groups excluding carboxylic acids is 2. The summed E-state index contributed by atoms with van der Waals surface area (Å²) in [6, 6.07) is 8.42. The van der Waals surface area contributed by atoms with Crippen LogP contribution in [0.3, 0.4) is 0 Å². The van der Waals surface area contributed by atoms with E-state index in [1.807, 2.05) is 13.0 Å². The van der Waals surface area contributed by atoms with Crippen LogP contribution < -0.4 is 20.3 Å². The summed E-state index contributed by atoms with van der Waals surface area (Å²) in [4.78, 5) is 39.2. The van der Waals surface area contributed by atoms with Crippen LogP contribution in [0.15, 0.2) is 30.3 Å². The summed E-state index contributed by atoms with van der Waals surface area (Å²) in [5.41, 5.74) is 1.98. The number of hydrogen-bond donors (Lipinski definition) is 2. The first-order chi connectivity index (χ1) is 22.6. The molecule has 1 aromatic carbocycles. The summed E-state index contributed by atoms with van der Waals surface area (Å²) in [7, 11) is 0. The third kappa shape index (κ3) is 7.62. The highest BCUT2D eigenvalue weighted by Gasteiger charge is 2.42. The number of morpholine rings is 1. The van der Waals surface area contributed by atoms with Gasteiger partial charge in [0.05, 0.1) is 31.9 Å². The molecule has 4 aliphatic rings. The van der Waals surface area contributed by atoms with Gasteiger partial charge in [0.25, 0.3) is 5.91 Å². The molecule has 2 amide bonds. The van der Waals surface area contributed by atoms with Crippen LogP contribution in [-0.4, -0.2) is 122 Å². The molecule has 0 saturated carbocycles. The van der Waals surface area contributed by atoms with Gasteiger partial charge >= 0.3 is 0 Å². The van der Waals surface area contributed by atoms with Crippen LogP contribution in [0.2, 0.25) is 0 Å². The monoisotopic (exact) mass is 652 g/mol. The van der Waals surface area contributed by atoms with Gasteiger partial charge in [-0.2, -0.15) is 0 Å². The van der Waals surface area contributed by atoms with Gasteiger partial charge < -0.3 is 29.7 Å². The van der Waals surface area contributed by atoms with Crippen molar-refractivity contribution in [2.75, 3.05) is 70.6 Å². The molecule has 47 heavy (non-hydrogen) atoms. The van der Waals surface area contributed by atoms with E-state index < -0.39 is 0 Å². The topological polar surface area (TPSA) is 109 Å². The molecule has 0 bridgehead atoms. The fourth-order valence-electron chi connectivity index (χ4n) is 7.30. The predicted octanol–water partition coefficient (Wildman–Crippen LogP) is 2.61. The van der Waals surface area contributed by atoms with Gasteiger partial charge in [-0.15, -0.1) is 0 Å². The van der Waals surface area contributed by atoms with E-state index in [1.54, 1.807) is 17.0 Å². The molecule has 4 aliphatic heterocycles. The normalized spacial score (nSPS) is 28.5. The lowest BCUT2D eigenvalue weighted by atomic mass is 9.94. The summed E-state index contributed by atoms with van der Waals surface area (Å²) in [5.74, 6) is -0.434. The van der Waals surface area contributed by atoms with Crippen LogP contribution >= 0.6 is 0 Å². The van der Waals surface area contributed by atoms with Gasteiger partial charge in [-0.3, -0.25) is 19.4 Å². The van der Waals surface area contributed by atoms with E-state index in [4.69, 9.17) is 19.2 Å². The Balaban J connectivity index is 1.27. The van der Waals surface area contributed by atoms with E-state index in [1.165, 1.54) is 12.1 Å². The van der Waals surface area contributed by atoms with Crippen molar-refractivity contribution in [1.82, 2.24) is 25.4 Å². The van der Waals surface area contributed by atoms with Gasteiger partial charge in [0.15, 0.2) is 0 Å². The molecule has 0 aliphatic carbocycles. The van der Waals surface area contributed by atoms with Crippen LogP contribution in [-0.2, 0) is 20.7 Å². The molecule has 0 radical (unpaired) electrons. The number of fused-ring (bicyclic) bond motifs is 1. The number of pyridine rings is 1. The SMILES string of the molecule is C[C@@H]1COC[C@@H](C)N1C[C@@]1(C)CNCCN1CC(=O)N1c2cc(Cc3ccc(F)cc3)c(C(=O)NC[C@@H]3CCCO3)nc2OC[C@@H]1C. The largest absolute Gasteiger partial charge is 0.474 e. The molecule has 11 nitrogen and oxygen atoms in total. The summed E-state index contributed by atoms with van der Waals surface area (Å²) in [6.07, 6.45) is 2.19. The molecule has 6 rings (SSSR count). The molecule has 2 N–H and O–H groups in total. The van der Waals surface area contributed by atoms with E-state index in [2.05, 4.69) is 41.2 Å². The number of ether oxygens (including phenoxy) is 3. The quantitative estimate of drug-likeness (QED) is 0.423. The van der Waals surface area contributed by atoms with Crippen molar-refractivity contribution in [2.45, 2.75) is 76.7 Å². The Kier molecular flexibility index (Phi) is 10.4. The van der Waals surface area contributed by atoms with Crippen LogP contribution in [0.4, 0.5) is 10.1 Å². The second-order valence-electron chi connectivity index (χ2n) is 13.9. The number of halogens is 1. The summed E-state index contributed by atoms with van der Waals surface area (Å²) >= 11 is 0. The van der Waals surface area contributed by atoms with Crippen LogP contribution in [0, 0.1) is 5.82 Å². The van der Waals surface area contributed by atoms with E-state index in [9.17, 15) is 14.0 Å². The molecule has 5 heterocycles. The lowest BCUT2D eigenvalue weighted by Crippen LogP contribution is -2.68. The number of hydrogen-bond acceptors (Lipinski definition) is 9. The number of aromatic nitrogens is 1. The molecule has 12 heteroatoms. The number of nitrogens with zero attached hydrogens (tertiary/aromatic N) is 4. The van der Waals surface area contributed by atoms with Crippen molar-refractivity contribution in [2.24, 2.45) is 0 Å². The Hall–Kier alpha value is -3.16. The Labute approximate surface area is 277 Å². The lowest BCUT2D eigenvalue weighted by molar-refractivity contribution is -0.123. The number of nitrogens with one attached hydrogen (secondary N) is 2. The van der Waals surface area contributed by atoms with Crippen molar-refractivity contribution in [3.05, 3.63) is 53.0 Å². The Morgan fingerprint density at radius 1 is 1.11 bits per heavy atom. The molecule has 3 saturated heterocycles. The maximum atomic E-state index is 14.3. The van der Waals surface area contributed by atoms with Crippen molar-refractivity contribution in [3.63, 3.8) is 0 Å². The van der Waals surface area contributed by atoms with Crippen molar-refractivity contribution in [1.29, 1.82) is 0 Å². The Morgan fingerprint density at radius 2 is 1.87 bits per heavy atom. The van der Waals surface area contributed by atoms with E-state index in [-0.39, 0.29) is 60.0 Å². The highest BCUT2D eigenvalue weighted by Crippen LogP contribution is 2.36. The zero-order valence-corrected chi connectivity index (χ0v) is 28.1. The smallest absolute Gasteiger partial charge is 0.270 e. The van der Waals surface area contributed by atoms with E-state index in [0.717, 1.165) is 44.6 Å². The molecule has 1 aromatic heterocycles. The number of piperazine rings is 1. The first-order valence-corrected chi connectivity index (χ1v) is 17.0.